The van der Waals surface area contributed by atoms with Crippen LogP contribution in [0.2, 0.25) is 0 Å². The lowest BCUT2D eigenvalue weighted by Crippen LogP contribution is -2.44. The fraction of sp³-hybridized carbons (Fsp3) is 0.875. The topological polar surface area (TPSA) is 52.7 Å². The molecule has 0 saturated heterocycles. The van der Waals surface area contributed by atoms with E-state index in [2.05, 4.69) is 10.2 Å². The molecule has 1 fully saturated rings. The summed E-state index contributed by atoms with van der Waals surface area (Å²) in [6.07, 6.45) is 8.44. The molecular weight excluding hydrogens is 266 g/mol. The third kappa shape index (κ3) is 6.93. The molecule has 0 radical (unpaired) electrons. The van der Waals surface area contributed by atoms with Crippen molar-refractivity contribution in [2.75, 3.05) is 33.7 Å². The van der Waals surface area contributed by atoms with Crippen LogP contribution in [0, 0.1) is 0 Å². The highest BCUT2D eigenvalue weighted by Crippen LogP contribution is 2.20. The van der Waals surface area contributed by atoms with Gasteiger partial charge >= 0.3 is 0 Å². The van der Waals surface area contributed by atoms with Crippen molar-refractivity contribution in [1.29, 1.82) is 0 Å². The average Bonchev–Trinajstić information content (AvgIpc) is 2.73. The Bertz CT molecular complexity index is 325. The minimum Gasteiger partial charge on any atom is -0.355 e. The van der Waals surface area contributed by atoms with E-state index in [4.69, 9.17) is 0 Å². The van der Waals surface area contributed by atoms with Gasteiger partial charge in [0.2, 0.25) is 11.8 Å². The molecule has 0 atom stereocenters. The SMILES string of the molecule is CCCNC(=O)CN(C)C(=O)CN(C)C1CCCCCC1. The molecule has 2 amide bonds. The molecule has 21 heavy (non-hydrogen) atoms. The summed E-state index contributed by atoms with van der Waals surface area (Å²) in [5.41, 5.74) is 0. The van der Waals surface area contributed by atoms with Crippen molar-refractivity contribution in [3.8, 4) is 0 Å². The van der Waals surface area contributed by atoms with Crippen LogP contribution in [0.15, 0.2) is 0 Å². The maximum atomic E-state index is 12.2. The molecule has 1 aliphatic carbocycles. The van der Waals surface area contributed by atoms with Crippen molar-refractivity contribution in [3.05, 3.63) is 0 Å². The summed E-state index contributed by atoms with van der Waals surface area (Å²) >= 11 is 0. The molecule has 1 aliphatic rings. The zero-order chi connectivity index (χ0) is 15.7. The molecule has 0 heterocycles. The van der Waals surface area contributed by atoms with Gasteiger partial charge in [-0.25, -0.2) is 0 Å². The Morgan fingerprint density at radius 3 is 2.24 bits per heavy atom. The van der Waals surface area contributed by atoms with Crippen LogP contribution in [0.3, 0.4) is 0 Å². The maximum absolute atomic E-state index is 12.2. The zero-order valence-corrected chi connectivity index (χ0v) is 13.9. The van der Waals surface area contributed by atoms with Gasteiger partial charge in [-0.05, 0) is 26.3 Å². The Hall–Kier alpha value is -1.10. The first-order valence-corrected chi connectivity index (χ1v) is 8.25. The standard InChI is InChI=1S/C16H31N3O2/c1-4-11-17-15(20)12-19(3)16(21)13-18(2)14-9-7-5-6-8-10-14/h14H,4-13H2,1-3H3,(H,17,20). The second-order valence-corrected chi connectivity index (χ2v) is 6.16. The van der Waals surface area contributed by atoms with Crippen molar-refractivity contribution in [2.24, 2.45) is 0 Å². The summed E-state index contributed by atoms with van der Waals surface area (Å²) in [6.45, 7) is 3.24. The fourth-order valence-corrected chi connectivity index (χ4v) is 2.79. The lowest BCUT2D eigenvalue weighted by molar-refractivity contribution is -0.135. The van der Waals surface area contributed by atoms with Gasteiger partial charge in [-0.2, -0.15) is 0 Å². The van der Waals surface area contributed by atoms with E-state index in [0.717, 1.165) is 6.42 Å². The Morgan fingerprint density at radius 2 is 1.67 bits per heavy atom. The zero-order valence-electron chi connectivity index (χ0n) is 13.9. The first-order valence-electron chi connectivity index (χ1n) is 8.25. The number of nitrogens with zero attached hydrogens (tertiary/aromatic N) is 2. The van der Waals surface area contributed by atoms with Gasteiger partial charge in [0.05, 0.1) is 13.1 Å². The van der Waals surface area contributed by atoms with E-state index in [-0.39, 0.29) is 18.4 Å². The van der Waals surface area contributed by atoms with E-state index >= 15 is 0 Å². The molecule has 0 unspecified atom stereocenters. The Labute approximate surface area is 129 Å². The molecule has 1 saturated carbocycles. The van der Waals surface area contributed by atoms with Crippen LogP contribution in [0.25, 0.3) is 0 Å². The quantitative estimate of drug-likeness (QED) is 0.727. The van der Waals surface area contributed by atoms with E-state index in [9.17, 15) is 9.59 Å². The predicted octanol–water partition coefficient (Wildman–Crippen LogP) is 1.63. The van der Waals surface area contributed by atoms with Gasteiger partial charge in [-0.1, -0.05) is 32.6 Å². The fourth-order valence-electron chi connectivity index (χ4n) is 2.79. The van der Waals surface area contributed by atoms with Crippen LogP contribution in [-0.4, -0.2) is 61.4 Å². The molecule has 0 bridgehead atoms. The minimum absolute atomic E-state index is 0.0217. The smallest absolute Gasteiger partial charge is 0.239 e. The third-order valence-corrected chi connectivity index (χ3v) is 4.21. The number of rotatable bonds is 7. The molecule has 5 heteroatoms. The van der Waals surface area contributed by atoms with Crippen molar-refractivity contribution >= 4 is 11.8 Å². The van der Waals surface area contributed by atoms with Crippen LogP contribution >= 0.6 is 0 Å². The predicted molar refractivity (Wildman–Crippen MR) is 85.1 cm³/mol. The van der Waals surface area contributed by atoms with Crippen LogP contribution in [0.4, 0.5) is 0 Å². The number of carbonyl (C=O) groups excluding carboxylic acids is 2. The van der Waals surface area contributed by atoms with E-state index in [1.54, 1.807) is 7.05 Å². The van der Waals surface area contributed by atoms with E-state index < -0.39 is 0 Å². The highest BCUT2D eigenvalue weighted by molar-refractivity contribution is 5.85. The van der Waals surface area contributed by atoms with Gasteiger partial charge < -0.3 is 10.2 Å². The second kappa shape index (κ2) is 9.77. The van der Waals surface area contributed by atoms with Gasteiger partial charge in [-0.15, -0.1) is 0 Å². The molecule has 0 aromatic carbocycles. The van der Waals surface area contributed by atoms with Crippen molar-refractivity contribution < 1.29 is 9.59 Å². The number of hydrogen-bond donors (Lipinski definition) is 1. The largest absolute Gasteiger partial charge is 0.355 e. The molecule has 0 aromatic heterocycles. The minimum atomic E-state index is -0.0789. The van der Waals surface area contributed by atoms with Gasteiger partial charge in [0.25, 0.3) is 0 Å². The molecule has 1 N–H and O–H groups in total. The van der Waals surface area contributed by atoms with Crippen LogP contribution in [-0.2, 0) is 9.59 Å². The van der Waals surface area contributed by atoms with E-state index in [1.807, 2.05) is 14.0 Å². The van der Waals surface area contributed by atoms with Gasteiger partial charge in [-0.3, -0.25) is 14.5 Å². The van der Waals surface area contributed by atoms with E-state index in [0.29, 0.717) is 19.1 Å². The molecule has 0 aliphatic heterocycles. The number of likely N-dealkylation sites (N-methyl/N-ethyl adjacent to an activating group) is 2. The van der Waals surface area contributed by atoms with Gasteiger partial charge in [0, 0.05) is 19.6 Å². The van der Waals surface area contributed by atoms with Crippen LogP contribution < -0.4 is 5.32 Å². The van der Waals surface area contributed by atoms with Gasteiger partial charge in [0.1, 0.15) is 0 Å². The normalized spacial score (nSPS) is 16.6. The first kappa shape index (κ1) is 18.0. The van der Waals surface area contributed by atoms with Crippen molar-refractivity contribution in [3.63, 3.8) is 0 Å². The van der Waals surface area contributed by atoms with Crippen LogP contribution in [0.1, 0.15) is 51.9 Å². The monoisotopic (exact) mass is 297 g/mol. The summed E-state index contributed by atoms with van der Waals surface area (Å²) in [7, 11) is 3.73. The number of hydrogen-bond acceptors (Lipinski definition) is 3. The Balaban J connectivity index is 2.34. The molecule has 0 aromatic rings. The van der Waals surface area contributed by atoms with Gasteiger partial charge in [0.15, 0.2) is 0 Å². The molecule has 5 nitrogen and oxygen atoms in total. The number of amides is 2. The molecule has 1 rings (SSSR count). The third-order valence-electron chi connectivity index (χ3n) is 4.21. The summed E-state index contributed by atoms with van der Waals surface area (Å²) in [5, 5.41) is 2.80. The summed E-state index contributed by atoms with van der Waals surface area (Å²) in [4.78, 5) is 27.5. The lowest BCUT2D eigenvalue weighted by atomic mass is 10.1. The summed E-state index contributed by atoms with van der Waals surface area (Å²) in [5.74, 6) is -0.0572. The Morgan fingerprint density at radius 1 is 1.05 bits per heavy atom. The first-order chi connectivity index (χ1) is 10.0. The number of nitrogens with one attached hydrogen (secondary N) is 1. The lowest BCUT2D eigenvalue weighted by Gasteiger charge is -2.28. The second-order valence-electron chi connectivity index (χ2n) is 6.16. The Kier molecular flexibility index (Phi) is 8.35. The molecular formula is C16H31N3O2. The van der Waals surface area contributed by atoms with Crippen molar-refractivity contribution in [2.45, 2.75) is 57.9 Å². The highest BCUT2D eigenvalue weighted by Gasteiger charge is 2.21. The summed E-state index contributed by atoms with van der Waals surface area (Å²) in [6, 6.07) is 0.513. The molecule has 122 valence electrons. The molecule has 0 spiro atoms. The van der Waals surface area contributed by atoms with E-state index in [1.165, 1.54) is 43.4 Å². The highest BCUT2D eigenvalue weighted by atomic mass is 16.2. The average molecular weight is 297 g/mol. The summed E-state index contributed by atoms with van der Waals surface area (Å²) < 4.78 is 0. The van der Waals surface area contributed by atoms with Crippen LogP contribution in [0.5, 0.6) is 0 Å². The maximum Gasteiger partial charge on any atom is 0.239 e. The number of carbonyl (C=O) groups is 2. The van der Waals surface area contributed by atoms with Crippen molar-refractivity contribution in [1.82, 2.24) is 15.1 Å².